The summed E-state index contributed by atoms with van der Waals surface area (Å²) < 4.78 is 1.93. The summed E-state index contributed by atoms with van der Waals surface area (Å²) in [5.41, 5.74) is 7.02. The first kappa shape index (κ1) is 13.7. The molecule has 0 fully saturated rings. The van der Waals surface area contributed by atoms with E-state index in [2.05, 4.69) is 24.2 Å². The molecule has 0 unspecified atom stereocenters. The van der Waals surface area contributed by atoms with Gasteiger partial charge in [-0.15, -0.1) is 5.10 Å². The summed E-state index contributed by atoms with van der Waals surface area (Å²) in [4.78, 5) is 10.9. The van der Waals surface area contributed by atoms with Crippen LogP contribution in [0.3, 0.4) is 0 Å². The number of aryl methyl sites for hydroxylation is 1. The first-order valence-corrected chi connectivity index (χ1v) is 6.38. The number of unbranched alkanes of at least 4 members (excludes halogenated alkanes) is 2. The second-order valence-electron chi connectivity index (χ2n) is 4.31. The van der Waals surface area contributed by atoms with Crippen LogP contribution in [0.15, 0.2) is 0 Å². The summed E-state index contributed by atoms with van der Waals surface area (Å²) in [5.74, 6) is -0.344. The Morgan fingerprint density at radius 3 is 2.65 bits per heavy atom. The predicted molar refractivity (Wildman–Crippen MR) is 66.4 cm³/mol. The van der Waals surface area contributed by atoms with Gasteiger partial charge in [-0.25, -0.2) is 4.68 Å². The zero-order valence-corrected chi connectivity index (χ0v) is 10.8. The van der Waals surface area contributed by atoms with Gasteiger partial charge in [-0.2, -0.15) is 0 Å². The number of amides is 1. The van der Waals surface area contributed by atoms with Crippen LogP contribution >= 0.6 is 0 Å². The summed E-state index contributed by atoms with van der Waals surface area (Å²) in [6, 6.07) is 0. The maximum atomic E-state index is 10.9. The van der Waals surface area contributed by atoms with Crippen LogP contribution in [-0.2, 0) is 24.2 Å². The minimum Gasteiger partial charge on any atom is -0.369 e. The van der Waals surface area contributed by atoms with Crippen LogP contribution in [-0.4, -0.2) is 20.9 Å². The number of primary amides is 1. The van der Waals surface area contributed by atoms with E-state index in [-0.39, 0.29) is 12.3 Å². The van der Waals surface area contributed by atoms with E-state index in [1.165, 1.54) is 12.8 Å². The number of carbonyl (C=O) groups excluding carboxylic acids is 1. The fraction of sp³-hybridized carbons (Fsp3) is 0.750. The van der Waals surface area contributed by atoms with E-state index in [4.69, 9.17) is 5.73 Å². The molecule has 0 spiro atoms. The quantitative estimate of drug-likeness (QED) is 0.696. The minimum absolute atomic E-state index is 0.198. The van der Waals surface area contributed by atoms with Crippen LogP contribution in [0.4, 0.5) is 0 Å². The Morgan fingerprint density at radius 2 is 2.06 bits per heavy atom. The molecule has 5 heteroatoms. The molecule has 0 atom stereocenters. The maximum absolute atomic E-state index is 10.9. The SMILES string of the molecule is CCCCCn1nnc(CC(N)=O)c1CCC. The van der Waals surface area contributed by atoms with Crippen molar-refractivity contribution >= 4 is 5.91 Å². The molecule has 0 bridgehead atoms. The molecule has 0 radical (unpaired) electrons. The zero-order chi connectivity index (χ0) is 12.7. The molecule has 0 aliphatic carbocycles. The third-order valence-electron chi connectivity index (χ3n) is 2.72. The van der Waals surface area contributed by atoms with Crippen LogP contribution in [0, 0.1) is 0 Å². The van der Waals surface area contributed by atoms with Gasteiger partial charge in [0.1, 0.15) is 0 Å². The van der Waals surface area contributed by atoms with E-state index in [9.17, 15) is 4.79 Å². The Morgan fingerprint density at radius 1 is 1.29 bits per heavy atom. The van der Waals surface area contributed by atoms with Crippen molar-refractivity contribution in [1.29, 1.82) is 0 Å². The highest BCUT2D eigenvalue weighted by Gasteiger charge is 2.13. The van der Waals surface area contributed by atoms with Crippen molar-refractivity contribution < 1.29 is 4.79 Å². The number of aromatic nitrogens is 3. The maximum Gasteiger partial charge on any atom is 0.223 e. The van der Waals surface area contributed by atoms with E-state index >= 15 is 0 Å². The molecule has 17 heavy (non-hydrogen) atoms. The van der Waals surface area contributed by atoms with Crippen molar-refractivity contribution in [3.63, 3.8) is 0 Å². The van der Waals surface area contributed by atoms with Gasteiger partial charge >= 0.3 is 0 Å². The van der Waals surface area contributed by atoms with Crippen molar-refractivity contribution in [2.45, 2.75) is 58.9 Å². The number of rotatable bonds is 8. The first-order valence-electron chi connectivity index (χ1n) is 6.38. The lowest BCUT2D eigenvalue weighted by molar-refractivity contribution is -0.117. The Balaban J connectivity index is 2.74. The number of carbonyl (C=O) groups is 1. The lowest BCUT2D eigenvalue weighted by Gasteiger charge is -2.06. The molecule has 0 aliphatic heterocycles. The van der Waals surface area contributed by atoms with Crippen molar-refractivity contribution in [2.75, 3.05) is 0 Å². The normalized spacial score (nSPS) is 10.7. The summed E-state index contributed by atoms with van der Waals surface area (Å²) >= 11 is 0. The molecule has 0 saturated carbocycles. The highest BCUT2D eigenvalue weighted by molar-refractivity contribution is 5.76. The lowest BCUT2D eigenvalue weighted by atomic mass is 10.1. The van der Waals surface area contributed by atoms with Crippen molar-refractivity contribution in [3.8, 4) is 0 Å². The van der Waals surface area contributed by atoms with E-state index in [0.29, 0.717) is 0 Å². The van der Waals surface area contributed by atoms with Crippen LogP contribution in [0.1, 0.15) is 50.9 Å². The Labute approximate surface area is 102 Å². The van der Waals surface area contributed by atoms with Gasteiger partial charge in [0.2, 0.25) is 5.91 Å². The van der Waals surface area contributed by atoms with Crippen LogP contribution in [0.25, 0.3) is 0 Å². The molecular formula is C12H22N4O. The lowest BCUT2D eigenvalue weighted by Crippen LogP contribution is -2.15. The molecule has 1 aromatic rings. The van der Waals surface area contributed by atoms with Crippen molar-refractivity contribution in [3.05, 3.63) is 11.4 Å². The van der Waals surface area contributed by atoms with E-state index in [1.54, 1.807) is 0 Å². The molecule has 1 amide bonds. The van der Waals surface area contributed by atoms with Crippen molar-refractivity contribution in [1.82, 2.24) is 15.0 Å². The fourth-order valence-electron chi connectivity index (χ4n) is 1.87. The first-order chi connectivity index (χ1) is 8.19. The van der Waals surface area contributed by atoms with Gasteiger partial charge in [-0.05, 0) is 12.8 Å². The molecule has 96 valence electrons. The largest absolute Gasteiger partial charge is 0.369 e. The number of hydrogen-bond donors (Lipinski definition) is 1. The third kappa shape index (κ3) is 4.17. The van der Waals surface area contributed by atoms with Crippen LogP contribution in [0.2, 0.25) is 0 Å². The van der Waals surface area contributed by atoms with Gasteiger partial charge in [-0.1, -0.05) is 38.3 Å². The number of hydrogen-bond acceptors (Lipinski definition) is 3. The Bertz CT molecular complexity index is 359. The van der Waals surface area contributed by atoms with Gasteiger partial charge in [0, 0.05) is 6.54 Å². The van der Waals surface area contributed by atoms with Crippen LogP contribution < -0.4 is 5.73 Å². The van der Waals surface area contributed by atoms with Gasteiger partial charge in [-0.3, -0.25) is 4.79 Å². The number of nitrogens with zero attached hydrogens (tertiary/aromatic N) is 3. The smallest absolute Gasteiger partial charge is 0.223 e. The monoisotopic (exact) mass is 238 g/mol. The second kappa shape index (κ2) is 7.04. The molecular weight excluding hydrogens is 216 g/mol. The molecule has 5 nitrogen and oxygen atoms in total. The highest BCUT2D eigenvalue weighted by atomic mass is 16.1. The van der Waals surface area contributed by atoms with Crippen molar-refractivity contribution in [2.24, 2.45) is 5.73 Å². The summed E-state index contributed by atoms with van der Waals surface area (Å²) in [5, 5.41) is 8.18. The van der Waals surface area contributed by atoms with Gasteiger partial charge in [0.25, 0.3) is 0 Å². The van der Waals surface area contributed by atoms with Gasteiger partial charge in [0.05, 0.1) is 17.8 Å². The standard InChI is InChI=1S/C12H22N4O/c1-3-5-6-8-16-11(7-4-2)10(14-15-16)9-12(13)17/h3-9H2,1-2H3,(H2,13,17). The molecule has 1 aromatic heterocycles. The summed E-state index contributed by atoms with van der Waals surface area (Å²) in [6.45, 7) is 5.17. The van der Waals surface area contributed by atoms with E-state index < -0.39 is 0 Å². The Hall–Kier alpha value is -1.39. The summed E-state index contributed by atoms with van der Waals surface area (Å²) in [6.07, 6.45) is 5.60. The van der Waals surface area contributed by atoms with E-state index in [1.807, 2.05) is 4.68 Å². The van der Waals surface area contributed by atoms with Gasteiger partial charge < -0.3 is 5.73 Å². The molecule has 1 heterocycles. The fourth-order valence-corrected chi connectivity index (χ4v) is 1.87. The minimum atomic E-state index is -0.344. The molecule has 0 aromatic carbocycles. The molecule has 0 saturated heterocycles. The average molecular weight is 238 g/mol. The van der Waals surface area contributed by atoms with Gasteiger partial charge in [0.15, 0.2) is 0 Å². The second-order valence-corrected chi connectivity index (χ2v) is 4.31. The summed E-state index contributed by atoms with van der Waals surface area (Å²) in [7, 11) is 0. The van der Waals surface area contributed by atoms with E-state index in [0.717, 1.165) is 37.2 Å². The van der Waals surface area contributed by atoms with Crippen LogP contribution in [0.5, 0.6) is 0 Å². The topological polar surface area (TPSA) is 73.8 Å². The number of nitrogens with two attached hydrogens (primary N) is 1. The zero-order valence-electron chi connectivity index (χ0n) is 10.8. The molecule has 1 rings (SSSR count). The average Bonchev–Trinajstić information content (AvgIpc) is 2.62. The highest BCUT2D eigenvalue weighted by Crippen LogP contribution is 2.10. The molecule has 2 N–H and O–H groups in total. The Kier molecular flexibility index (Phi) is 5.66. The predicted octanol–water partition coefficient (Wildman–Crippen LogP) is 1.45. The third-order valence-corrected chi connectivity index (χ3v) is 2.72. The molecule has 0 aliphatic rings.